The molecule has 6 nitrogen and oxygen atoms in total. The zero-order chi connectivity index (χ0) is 21.6. The van der Waals surface area contributed by atoms with E-state index in [0.29, 0.717) is 30.1 Å². The number of benzene rings is 1. The van der Waals surface area contributed by atoms with Crippen molar-refractivity contribution in [1.29, 1.82) is 0 Å². The maximum absolute atomic E-state index is 13.1. The van der Waals surface area contributed by atoms with Crippen LogP contribution in [0, 0.1) is 5.92 Å². The first-order chi connectivity index (χ1) is 15.1. The highest BCUT2D eigenvalue weighted by Gasteiger charge is 2.23. The zero-order valence-electron chi connectivity index (χ0n) is 18.1. The molecule has 166 valence electrons. The van der Waals surface area contributed by atoms with Gasteiger partial charge in [0, 0.05) is 42.5 Å². The largest absolute Gasteiger partial charge is 0.376 e. The summed E-state index contributed by atoms with van der Waals surface area (Å²) in [6, 6.07) is 9.57. The Morgan fingerprint density at radius 3 is 2.74 bits per heavy atom. The fourth-order valence-electron chi connectivity index (χ4n) is 4.20. The van der Waals surface area contributed by atoms with Crippen LogP contribution < -0.4 is 15.5 Å². The van der Waals surface area contributed by atoms with E-state index >= 15 is 0 Å². The van der Waals surface area contributed by atoms with E-state index in [0.717, 1.165) is 55.9 Å². The van der Waals surface area contributed by atoms with Crippen LogP contribution >= 0.6 is 11.3 Å². The number of rotatable bonds is 7. The van der Waals surface area contributed by atoms with Gasteiger partial charge >= 0.3 is 0 Å². The highest BCUT2D eigenvalue weighted by atomic mass is 32.1. The second-order valence-electron chi connectivity index (χ2n) is 8.55. The molecule has 31 heavy (non-hydrogen) atoms. The molecule has 0 radical (unpaired) electrons. The van der Waals surface area contributed by atoms with Crippen LogP contribution in [-0.4, -0.2) is 44.2 Å². The van der Waals surface area contributed by atoms with E-state index in [1.165, 1.54) is 0 Å². The Hall–Kier alpha value is -2.38. The smallest absolute Gasteiger partial charge is 0.253 e. The van der Waals surface area contributed by atoms with Gasteiger partial charge in [0.25, 0.3) is 5.91 Å². The third-order valence-electron chi connectivity index (χ3n) is 6.08. The van der Waals surface area contributed by atoms with Gasteiger partial charge in [-0.15, -0.1) is 11.3 Å². The van der Waals surface area contributed by atoms with Gasteiger partial charge in [0.2, 0.25) is 5.91 Å². The normalized spacial score (nSPS) is 19.4. The Bertz CT molecular complexity index is 885. The number of hydrogen-bond acceptors (Lipinski definition) is 5. The molecule has 0 aliphatic carbocycles. The number of carbonyl (C=O) groups excluding carboxylic acids is 2. The van der Waals surface area contributed by atoms with Crippen molar-refractivity contribution in [3.05, 3.63) is 46.2 Å². The number of thiophene rings is 1. The Morgan fingerprint density at radius 2 is 2.03 bits per heavy atom. The molecule has 1 aromatic heterocycles. The number of nitrogens with zero attached hydrogens (tertiary/aromatic N) is 1. The number of amides is 2. The van der Waals surface area contributed by atoms with Crippen LogP contribution in [0.1, 0.15) is 47.8 Å². The molecule has 0 saturated carbocycles. The topological polar surface area (TPSA) is 70.7 Å². The van der Waals surface area contributed by atoms with E-state index in [9.17, 15) is 9.59 Å². The minimum absolute atomic E-state index is 0.0762. The molecule has 2 amide bonds. The standard InChI is InChI=1S/C24H31N3O3S/c1-17-8-10-27(11-9-17)22-7-6-18(26-23(28)15-20-5-3-13-31-20)14-21(22)24(29)25-16-19-4-2-12-30-19/h3,5-7,13-14,17,19H,2,4,8-12,15-16H2,1H3,(H,25,29)(H,26,28). The maximum atomic E-state index is 13.1. The molecule has 2 N–H and O–H groups in total. The van der Waals surface area contributed by atoms with Crippen LogP contribution in [0.5, 0.6) is 0 Å². The van der Waals surface area contributed by atoms with Gasteiger partial charge in [0.05, 0.1) is 18.1 Å². The summed E-state index contributed by atoms with van der Waals surface area (Å²) in [6.45, 7) is 5.45. The Kier molecular flexibility index (Phi) is 7.25. The molecule has 7 heteroatoms. The van der Waals surface area contributed by atoms with Gasteiger partial charge in [0.15, 0.2) is 0 Å². The van der Waals surface area contributed by atoms with Crippen molar-refractivity contribution in [2.45, 2.75) is 45.1 Å². The zero-order valence-corrected chi connectivity index (χ0v) is 18.9. The third-order valence-corrected chi connectivity index (χ3v) is 6.95. The summed E-state index contributed by atoms with van der Waals surface area (Å²) in [4.78, 5) is 28.9. The number of anilines is 2. The average molecular weight is 442 g/mol. The van der Waals surface area contributed by atoms with Crippen LogP contribution in [0.4, 0.5) is 11.4 Å². The Balaban J connectivity index is 1.49. The lowest BCUT2D eigenvalue weighted by Gasteiger charge is -2.33. The van der Waals surface area contributed by atoms with Crippen LogP contribution in [-0.2, 0) is 16.0 Å². The molecule has 2 aliphatic heterocycles. The van der Waals surface area contributed by atoms with Gasteiger partial charge in [0.1, 0.15) is 0 Å². The lowest BCUT2D eigenvalue weighted by atomic mass is 9.97. The maximum Gasteiger partial charge on any atom is 0.253 e. The highest BCUT2D eigenvalue weighted by molar-refractivity contribution is 7.10. The van der Waals surface area contributed by atoms with Gasteiger partial charge in [-0.2, -0.15) is 0 Å². The molecule has 0 spiro atoms. The summed E-state index contributed by atoms with van der Waals surface area (Å²) in [5.74, 6) is 0.523. The van der Waals surface area contributed by atoms with Crippen molar-refractivity contribution in [3.8, 4) is 0 Å². The van der Waals surface area contributed by atoms with E-state index in [-0.39, 0.29) is 17.9 Å². The third kappa shape index (κ3) is 5.86. The van der Waals surface area contributed by atoms with E-state index in [2.05, 4.69) is 22.5 Å². The molecule has 3 heterocycles. The molecule has 2 saturated heterocycles. The molecule has 2 aliphatic rings. The molecular weight excluding hydrogens is 410 g/mol. The molecule has 1 atom stereocenters. The van der Waals surface area contributed by atoms with Gasteiger partial charge in [-0.1, -0.05) is 13.0 Å². The van der Waals surface area contributed by atoms with Crippen molar-refractivity contribution in [2.75, 3.05) is 36.5 Å². The number of carbonyl (C=O) groups is 2. The van der Waals surface area contributed by atoms with Crippen molar-refractivity contribution < 1.29 is 14.3 Å². The molecule has 4 rings (SSSR count). The average Bonchev–Trinajstić information content (AvgIpc) is 3.47. The first-order valence-electron chi connectivity index (χ1n) is 11.2. The van der Waals surface area contributed by atoms with Crippen molar-refractivity contribution in [2.24, 2.45) is 5.92 Å². The minimum atomic E-state index is -0.113. The summed E-state index contributed by atoms with van der Waals surface area (Å²) in [5, 5.41) is 7.96. The minimum Gasteiger partial charge on any atom is -0.376 e. The van der Waals surface area contributed by atoms with Gasteiger partial charge < -0.3 is 20.3 Å². The summed E-state index contributed by atoms with van der Waals surface area (Å²) in [6.07, 6.45) is 4.70. The molecule has 1 unspecified atom stereocenters. The summed E-state index contributed by atoms with van der Waals surface area (Å²) in [7, 11) is 0. The lowest BCUT2D eigenvalue weighted by Crippen LogP contribution is -2.36. The predicted octanol–water partition coefficient (Wildman–Crippen LogP) is 4.07. The number of hydrogen-bond donors (Lipinski definition) is 2. The Labute approximate surface area is 188 Å². The summed E-state index contributed by atoms with van der Waals surface area (Å²) in [5.41, 5.74) is 2.20. The molecule has 2 aromatic rings. The van der Waals surface area contributed by atoms with Crippen LogP contribution in [0.3, 0.4) is 0 Å². The monoisotopic (exact) mass is 441 g/mol. The quantitative estimate of drug-likeness (QED) is 0.679. The number of piperidine rings is 1. The second kappa shape index (κ2) is 10.3. The predicted molar refractivity (Wildman–Crippen MR) is 125 cm³/mol. The van der Waals surface area contributed by atoms with Crippen LogP contribution in [0.15, 0.2) is 35.7 Å². The fourth-order valence-corrected chi connectivity index (χ4v) is 4.91. The van der Waals surface area contributed by atoms with Crippen LogP contribution in [0.25, 0.3) is 0 Å². The van der Waals surface area contributed by atoms with Crippen molar-refractivity contribution >= 4 is 34.5 Å². The van der Waals surface area contributed by atoms with Gasteiger partial charge in [-0.3, -0.25) is 9.59 Å². The molecule has 2 fully saturated rings. The van der Waals surface area contributed by atoms with Crippen LogP contribution in [0.2, 0.25) is 0 Å². The first-order valence-corrected chi connectivity index (χ1v) is 12.1. The van der Waals surface area contributed by atoms with Gasteiger partial charge in [-0.25, -0.2) is 0 Å². The van der Waals surface area contributed by atoms with Crippen molar-refractivity contribution in [3.63, 3.8) is 0 Å². The Morgan fingerprint density at radius 1 is 1.19 bits per heavy atom. The van der Waals surface area contributed by atoms with E-state index in [1.54, 1.807) is 11.3 Å². The van der Waals surface area contributed by atoms with Crippen molar-refractivity contribution in [1.82, 2.24) is 5.32 Å². The summed E-state index contributed by atoms with van der Waals surface area (Å²) >= 11 is 1.57. The number of ether oxygens (including phenoxy) is 1. The molecule has 0 bridgehead atoms. The summed E-state index contributed by atoms with van der Waals surface area (Å²) < 4.78 is 5.64. The molecule has 1 aromatic carbocycles. The number of nitrogens with one attached hydrogen (secondary N) is 2. The van der Waals surface area contributed by atoms with Gasteiger partial charge in [-0.05, 0) is 61.2 Å². The highest BCUT2D eigenvalue weighted by Crippen LogP contribution is 2.29. The lowest BCUT2D eigenvalue weighted by molar-refractivity contribution is -0.115. The van der Waals surface area contributed by atoms with E-state index < -0.39 is 0 Å². The van der Waals surface area contributed by atoms with E-state index in [4.69, 9.17) is 4.74 Å². The second-order valence-corrected chi connectivity index (χ2v) is 9.58. The van der Waals surface area contributed by atoms with E-state index in [1.807, 2.05) is 35.7 Å². The first kappa shape index (κ1) is 21.8. The molecular formula is C24H31N3O3S. The fraction of sp³-hybridized carbons (Fsp3) is 0.500. The SMILES string of the molecule is CC1CCN(c2ccc(NC(=O)Cc3cccs3)cc2C(=O)NCC2CCCO2)CC1.